The fourth-order valence-corrected chi connectivity index (χ4v) is 2.61. The summed E-state index contributed by atoms with van der Waals surface area (Å²) in [5, 5.41) is 7.05. The van der Waals surface area contributed by atoms with E-state index in [2.05, 4.69) is 17.6 Å². The lowest BCUT2D eigenvalue weighted by Gasteiger charge is -2.23. The maximum absolute atomic E-state index is 5.73. The van der Waals surface area contributed by atoms with Gasteiger partial charge in [-0.15, -0.1) is 0 Å². The molecule has 2 unspecified atom stereocenters. The molecule has 3 heteroatoms. The van der Waals surface area contributed by atoms with Crippen LogP contribution in [-0.4, -0.2) is 37.9 Å². The smallest absolute Gasteiger partial charge is 0.0779 e. The Morgan fingerprint density at radius 2 is 2.40 bits per heavy atom. The van der Waals surface area contributed by atoms with E-state index in [1.54, 1.807) is 0 Å². The van der Waals surface area contributed by atoms with E-state index in [0.717, 1.165) is 25.7 Å². The van der Waals surface area contributed by atoms with Crippen LogP contribution in [-0.2, 0) is 4.74 Å². The molecule has 2 heterocycles. The van der Waals surface area contributed by atoms with Crippen molar-refractivity contribution in [1.29, 1.82) is 0 Å². The third kappa shape index (κ3) is 3.44. The molecule has 0 aromatic carbocycles. The predicted octanol–water partition coefficient (Wildman–Crippen LogP) is 1.29. The van der Waals surface area contributed by atoms with Crippen LogP contribution in [0.15, 0.2) is 0 Å². The summed E-state index contributed by atoms with van der Waals surface area (Å²) in [7, 11) is 0. The first-order valence-corrected chi connectivity index (χ1v) is 6.37. The molecule has 0 aromatic heterocycles. The Labute approximate surface area is 93.0 Å². The summed E-state index contributed by atoms with van der Waals surface area (Å²) in [6.07, 6.45) is 6.40. The van der Waals surface area contributed by atoms with Gasteiger partial charge in [-0.25, -0.2) is 0 Å². The quantitative estimate of drug-likeness (QED) is 0.674. The van der Waals surface area contributed by atoms with Gasteiger partial charge in [0.1, 0.15) is 0 Å². The molecule has 2 fully saturated rings. The molecule has 88 valence electrons. The van der Waals surface area contributed by atoms with Gasteiger partial charge >= 0.3 is 0 Å². The Bertz CT molecular complexity index is 184. The van der Waals surface area contributed by atoms with E-state index >= 15 is 0 Å². The second kappa shape index (κ2) is 5.28. The number of hydrogen-bond donors (Lipinski definition) is 2. The highest BCUT2D eigenvalue weighted by Gasteiger charge is 2.29. The molecule has 2 aliphatic rings. The van der Waals surface area contributed by atoms with Crippen LogP contribution < -0.4 is 10.6 Å². The molecule has 3 nitrogen and oxygen atoms in total. The van der Waals surface area contributed by atoms with Crippen molar-refractivity contribution in [2.75, 3.05) is 26.2 Å². The van der Waals surface area contributed by atoms with E-state index in [1.165, 1.54) is 38.6 Å². The van der Waals surface area contributed by atoms with E-state index in [1.807, 2.05) is 0 Å². The summed E-state index contributed by atoms with van der Waals surface area (Å²) >= 11 is 0. The zero-order chi connectivity index (χ0) is 10.6. The van der Waals surface area contributed by atoms with E-state index in [4.69, 9.17) is 4.74 Å². The Balaban J connectivity index is 1.54. The van der Waals surface area contributed by atoms with Crippen molar-refractivity contribution in [2.45, 2.75) is 50.7 Å². The second-order valence-electron chi connectivity index (χ2n) is 5.16. The Morgan fingerprint density at radius 3 is 3.07 bits per heavy atom. The molecule has 0 radical (unpaired) electrons. The summed E-state index contributed by atoms with van der Waals surface area (Å²) in [6.45, 7) is 6.52. The predicted molar refractivity (Wildman–Crippen MR) is 62.1 cm³/mol. The lowest BCUT2D eigenvalue weighted by Crippen LogP contribution is -2.38. The molecule has 2 aliphatic heterocycles. The highest BCUT2D eigenvalue weighted by atomic mass is 16.5. The Morgan fingerprint density at radius 1 is 1.47 bits per heavy atom. The zero-order valence-corrected chi connectivity index (χ0v) is 9.85. The Hall–Kier alpha value is -0.120. The molecule has 0 aliphatic carbocycles. The summed E-state index contributed by atoms with van der Waals surface area (Å²) in [5.74, 6) is 0. The monoisotopic (exact) mass is 212 g/mol. The van der Waals surface area contributed by atoms with Crippen LogP contribution in [0.4, 0.5) is 0 Å². The summed E-state index contributed by atoms with van der Waals surface area (Å²) in [6, 6.07) is 0.759. The molecular formula is C12H24N2O. The highest BCUT2D eigenvalue weighted by molar-refractivity contribution is 4.83. The summed E-state index contributed by atoms with van der Waals surface area (Å²) < 4.78 is 5.73. The first kappa shape index (κ1) is 11.4. The maximum Gasteiger partial charge on any atom is 0.0779 e. The minimum Gasteiger partial charge on any atom is -0.374 e. The van der Waals surface area contributed by atoms with Gasteiger partial charge in [0.05, 0.1) is 5.60 Å². The zero-order valence-electron chi connectivity index (χ0n) is 9.85. The third-order valence-corrected chi connectivity index (χ3v) is 3.63. The van der Waals surface area contributed by atoms with Gasteiger partial charge in [-0.1, -0.05) is 0 Å². The van der Waals surface area contributed by atoms with E-state index in [0.29, 0.717) is 0 Å². The molecule has 0 saturated carbocycles. The lowest BCUT2D eigenvalue weighted by molar-refractivity contribution is 0.0209. The average molecular weight is 212 g/mol. The molecule has 2 rings (SSSR count). The second-order valence-corrected chi connectivity index (χ2v) is 5.16. The van der Waals surface area contributed by atoms with Gasteiger partial charge in [-0.3, -0.25) is 0 Å². The van der Waals surface area contributed by atoms with Crippen LogP contribution >= 0.6 is 0 Å². The Kier molecular flexibility index (Phi) is 4.00. The number of hydrogen-bond acceptors (Lipinski definition) is 3. The van der Waals surface area contributed by atoms with Gasteiger partial charge in [0.2, 0.25) is 0 Å². The van der Waals surface area contributed by atoms with Crippen molar-refractivity contribution in [3.8, 4) is 0 Å². The van der Waals surface area contributed by atoms with Gasteiger partial charge in [0, 0.05) is 19.2 Å². The standard InChI is InChI=1S/C12H24N2O/c1-12(6-3-9-15-12)10-13-8-5-11-4-2-7-14-11/h11,13-14H,2-10H2,1H3. The minimum absolute atomic E-state index is 0.114. The van der Waals surface area contributed by atoms with Crippen LogP contribution in [0.3, 0.4) is 0 Å². The fraction of sp³-hybridized carbons (Fsp3) is 1.00. The van der Waals surface area contributed by atoms with Crippen molar-refractivity contribution < 1.29 is 4.74 Å². The molecule has 0 amide bonds. The van der Waals surface area contributed by atoms with Crippen LogP contribution in [0.2, 0.25) is 0 Å². The van der Waals surface area contributed by atoms with Gasteiger partial charge in [0.15, 0.2) is 0 Å². The van der Waals surface area contributed by atoms with E-state index < -0.39 is 0 Å². The number of nitrogens with one attached hydrogen (secondary N) is 2. The van der Waals surface area contributed by atoms with Gasteiger partial charge in [-0.05, 0) is 52.1 Å². The SMILES string of the molecule is CC1(CNCCC2CCCN2)CCCO1. The lowest BCUT2D eigenvalue weighted by atomic mass is 10.0. The molecule has 2 N–H and O–H groups in total. The average Bonchev–Trinajstić information content (AvgIpc) is 2.84. The van der Waals surface area contributed by atoms with Crippen LogP contribution in [0.5, 0.6) is 0 Å². The van der Waals surface area contributed by atoms with Crippen LogP contribution in [0.1, 0.15) is 39.0 Å². The van der Waals surface area contributed by atoms with Gasteiger partial charge < -0.3 is 15.4 Å². The van der Waals surface area contributed by atoms with Crippen LogP contribution in [0.25, 0.3) is 0 Å². The third-order valence-electron chi connectivity index (χ3n) is 3.63. The number of ether oxygens (including phenoxy) is 1. The van der Waals surface area contributed by atoms with Gasteiger partial charge in [-0.2, -0.15) is 0 Å². The molecule has 0 spiro atoms. The first-order chi connectivity index (χ1) is 7.29. The molecule has 2 saturated heterocycles. The summed E-state index contributed by atoms with van der Waals surface area (Å²) in [4.78, 5) is 0. The molecule has 0 aromatic rings. The van der Waals surface area contributed by atoms with Crippen molar-refractivity contribution in [3.63, 3.8) is 0 Å². The molecule has 15 heavy (non-hydrogen) atoms. The highest BCUT2D eigenvalue weighted by Crippen LogP contribution is 2.23. The van der Waals surface area contributed by atoms with E-state index in [9.17, 15) is 0 Å². The summed E-state index contributed by atoms with van der Waals surface area (Å²) in [5.41, 5.74) is 0.114. The first-order valence-electron chi connectivity index (χ1n) is 6.37. The maximum atomic E-state index is 5.73. The largest absolute Gasteiger partial charge is 0.374 e. The molecule has 2 atom stereocenters. The van der Waals surface area contributed by atoms with E-state index in [-0.39, 0.29) is 5.60 Å². The minimum atomic E-state index is 0.114. The molecule has 0 bridgehead atoms. The van der Waals surface area contributed by atoms with Crippen molar-refractivity contribution in [2.24, 2.45) is 0 Å². The number of rotatable bonds is 5. The van der Waals surface area contributed by atoms with Crippen LogP contribution in [0, 0.1) is 0 Å². The topological polar surface area (TPSA) is 33.3 Å². The fourth-order valence-electron chi connectivity index (χ4n) is 2.61. The van der Waals surface area contributed by atoms with Crippen molar-refractivity contribution >= 4 is 0 Å². The van der Waals surface area contributed by atoms with Gasteiger partial charge in [0.25, 0.3) is 0 Å². The van der Waals surface area contributed by atoms with Crippen molar-refractivity contribution in [3.05, 3.63) is 0 Å². The van der Waals surface area contributed by atoms with Crippen molar-refractivity contribution in [1.82, 2.24) is 10.6 Å². The molecular weight excluding hydrogens is 188 g/mol. The normalized spacial score (nSPS) is 36.2.